The van der Waals surface area contributed by atoms with Crippen LogP contribution in [0, 0.1) is 5.41 Å². The minimum atomic E-state index is -0.0655. The van der Waals surface area contributed by atoms with E-state index in [1.165, 1.54) is 11.3 Å². The van der Waals surface area contributed by atoms with E-state index < -0.39 is 0 Å². The van der Waals surface area contributed by atoms with Gasteiger partial charge in [-0.05, 0) is 37.6 Å². The maximum atomic E-state index is 13.0. The van der Waals surface area contributed by atoms with Crippen LogP contribution in [-0.4, -0.2) is 56.9 Å². The molecule has 1 amide bonds. The van der Waals surface area contributed by atoms with Crippen molar-refractivity contribution in [3.05, 3.63) is 16.3 Å². The molecule has 0 aliphatic carbocycles. The normalized spacial score (nSPS) is 27.6. The quantitative estimate of drug-likeness (QED) is 0.828. The van der Waals surface area contributed by atoms with E-state index >= 15 is 0 Å². The van der Waals surface area contributed by atoms with Gasteiger partial charge in [-0.2, -0.15) is 0 Å². The number of hydrogen-bond donors (Lipinski definition) is 0. The zero-order valence-electron chi connectivity index (χ0n) is 13.9. The van der Waals surface area contributed by atoms with Crippen molar-refractivity contribution in [2.45, 2.75) is 32.3 Å². The lowest BCUT2D eigenvalue weighted by molar-refractivity contribution is -0.142. The Morgan fingerprint density at radius 2 is 2.43 bits per heavy atom. The van der Waals surface area contributed by atoms with Crippen molar-refractivity contribution in [3.63, 3.8) is 0 Å². The maximum absolute atomic E-state index is 13.0. The monoisotopic (exact) mass is 339 g/mol. The van der Waals surface area contributed by atoms with Crippen LogP contribution in [-0.2, 0) is 9.47 Å². The maximum Gasteiger partial charge on any atom is 0.267 e. The number of thiophene rings is 1. The zero-order chi connectivity index (χ0) is 16.3. The number of likely N-dealkylation sites (tertiary alicyclic amines) is 1. The van der Waals surface area contributed by atoms with Crippen molar-refractivity contribution >= 4 is 17.2 Å². The topological polar surface area (TPSA) is 48.0 Å². The van der Waals surface area contributed by atoms with Crippen molar-refractivity contribution in [2.24, 2.45) is 5.41 Å². The lowest BCUT2D eigenvalue weighted by atomic mass is 9.73. The predicted molar refractivity (Wildman–Crippen MR) is 89.3 cm³/mol. The smallest absolute Gasteiger partial charge is 0.267 e. The van der Waals surface area contributed by atoms with Crippen LogP contribution >= 0.6 is 11.3 Å². The van der Waals surface area contributed by atoms with Crippen molar-refractivity contribution < 1.29 is 19.0 Å². The predicted octanol–water partition coefficient (Wildman–Crippen LogP) is 2.80. The summed E-state index contributed by atoms with van der Waals surface area (Å²) in [6.45, 7) is 5.41. The minimum Gasteiger partial charge on any atom is -0.492 e. The molecule has 2 atom stereocenters. The summed E-state index contributed by atoms with van der Waals surface area (Å²) in [5.41, 5.74) is -0.0655. The fourth-order valence-corrected chi connectivity index (χ4v) is 4.63. The first kappa shape index (κ1) is 16.7. The molecule has 2 aliphatic rings. The Kier molecular flexibility index (Phi) is 5.24. The number of methoxy groups -OCH3 is 1. The van der Waals surface area contributed by atoms with E-state index in [1.807, 2.05) is 23.3 Å². The molecule has 0 N–H and O–H groups in total. The molecule has 0 spiro atoms. The summed E-state index contributed by atoms with van der Waals surface area (Å²) in [6.07, 6.45) is 3.17. The molecule has 0 unspecified atom stereocenters. The Morgan fingerprint density at radius 1 is 1.57 bits per heavy atom. The van der Waals surface area contributed by atoms with Gasteiger partial charge in [0.15, 0.2) is 0 Å². The van der Waals surface area contributed by atoms with Crippen molar-refractivity contribution in [2.75, 3.05) is 40.0 Å². The van der Waals surface area contributed by atoms with Crippen LogP contribution in [0.2, 0.25) is 0 Å². The van der Waals surface area contributed by atoms with Gasteiger partial charge in [-0.15, -0.1) is 11.3 Å². The molecule has 128 valence electrons. The molecule has 1 aromatic rings. The molecule has 0 aromatic carbocycles. The van der Waals surface area contributed by atoms with E-state index in [1.54, 1.807) is 7.11 Å². The molecule has 2 saturated heterocycles. The molecule has 0 radical (unpaired) electrons. The number of ether oxygens (including phenoxy) is 3. The van der Waals surface area contributed by atoms with Crippen LogP contribution in [0.15, 0.2) is 11.4 Å². The lowest BCUT2D eigenvalue weighted by Gasteiger charge is -2.50. The van der Waals surface area contributed by atoms with Crippen LogP contribution in [0.5, 0.6) is 5.75 Å². The Hall–Kier alpha value is -1.11. The summed E-state index contributed by atoms with van der Waals surface area (Å²) in [6, 6.07) is 1.88. The molecule has 3 heterocycles. The summed E-state index contributed by atoms with van der Waals surface area (Å²) < 4.78 is 17.0. The highest BCUT2D eigenvalue weighted by atomic mass is 32.1. The van der Waals surface area contributed by atoms with E-state index in [2.05, 4.69) is 0 Å². The zero-order valence-corrected chi connectivity index (χ0v) is 14.7. The van der Waals surface area contributed by atoms with Gasteiger partial charge in [-0.3, -0.25) is 4.79 Å². The molecule has 2 aliphatic heterocycles. The minimum absolute atomic E-state index is 0.0655. The van der Waals surface area contributed by atoms with E-state index in [0.29, 0.717) is 30.4 Å². The number of amides is 1. The Bertz CT molecular complexity index is 542. The van der Waals surface area contributed by atoms with Gasteiger partial charge < -0.3 is 19.1 Å². The number of fused-ring (bicyclic) bond motifs is 1. The average Bonchev–Trinajstić information content (AvgIpc) is 3.02. The van der Waals surface area contributed by atoms with Crippen LogP contribution < -0.4 is 4.74 Å². The third-order valence-corrected chi connectivity index (χ3v) is 5.71. The number of piperidine rings is 1. The highest BCUT2D eigenvalue weighted by Gasteiger charge is 2.47. The lowest BCUT2D eigenvalue weighted by Crippen LogP contribution is -2.57. The van der Waals surface area contributed by atoms with Crippen molar-refractivity contribution in [1.29, 1.82) is 0 Å². The first-order chi connectivity index (χ1) is 11.2. The second-order valence-electron chi connectivity index (χ2n) is 6.32. The first-order valence-corrected chi connectivity index (χ1v) is 9.18. The molecule has 0 saturated carbocycles. The second kappa shape index (κ2) is 7.20. The number of carbonyl (C=O) groups excluding carboxylic acids is 1. The highest BCUT2D eigenvalue weighted by Crippen LogP contribution is 2.41. The summed E-state index contributed by atoms with van der Waals surface area (Å²) in [5, 5.41) is 1.92. The van der Waals surface area contributed by atoms with Gasteiger partial charge in [-0.25, -0.2) is 0 Å². The van der Waals surface area contributed by atoms with Crippen LogP contribution in [0.1, 0.15) is 35.9 Å². The molecular weight excluding hydrogens is 314 g/mol. The Morgan fingerprint density at radius 3 is 3.22 bits per heavy atom. The average molecular weight is 339 g/mol. The van der Waals surface area contributed by atoms with Gasteiger partial charge in [-0.1, -0.05) is 0 Å². The highest BCUT2D eigenvalue weighted by molar-refractivity contribution is 7.12. The standard InChI is InChI=1S/C17H25NO4S/c1-3-21-13-6-10-23-15(13)16(19)18-8-5-14-17(11-18,12-20-2)7-4-9-22-14/h6,10,14H,3-5,7-9,11-12H2,1-2H3/t14-,17-/m1/s1. The summed E-state index contributed by atoms with van der Waals surface area (Å²) >= 11 is 1.45. The molecule has 1 aromatic heterocycles. The summed E-state index contributed by atoms with van der Waals surface area (Å²) in [5.74, 6) is 0.772. The van der Waals surface area contributed by atoms with Gasteiger partial charge in [0.25, 0.3) is 5.91 Å². The molecular formula is C17H25NO4S. The van der Waals surface area contributed by atoms with Crippen LogP contribution in [0.4, 0.5) is 0 Å². The third kappa shape index (κ3) is 3.25. The molecule has 3 rings (SSSR count). The molecule has 5 nitrogen and oxygen atoms in total. The molecule has 6 heteroatoms. The van der Waals surface area contributed by atoms with Gasteiger partial charge in [0.05, 0.1) is 19.3 Å². The Labute approximate surface area is 141 Å². The van der Waals surface area contributed by atoms with Crippen molar-refractivity contribution in [1.82, 2.24) is 4.90 Å². The van der Waals surface area contributed by atoms with Gasteiger partial charge in [0.2, 0.25) is 0 Å². The van der Waals surface area contributed by atoms with Crippen LogP contribution in [0.3, 0.4) is 0 Å². The molecule has 0 bridgehead atoms. The largest absolute Gasteiger partial charge is 0.492 e. The number of carbonyl (C=O) groups is 1. The van der Waals surface area contributed by atoms with Gasteiger partial charge in [0.1, 0.15) is 10.6 Å². The molecule has 23 heavy (non-hydrogen) atoms. The fourth-order valence-electron chi connectivity index (χ4n) is 3.83. The van der Waals surface area contributed by atoms with E-state index in [0.717, 1.165) is 32.4 Å². The van der Waals surface area contributed by atoms with Gasteiger partial charge in [0, 0.05) is 32.2 Å². The van der Waals surface area contributed by atoms with Crippen LogP contribution in [0.25, 0.3) is 0 Å². The van der Waals surface area contributed by atoms with E-state index in [9.17, 15) is 4.79 Å². The summed E-state index contributed by atoms with van der Waals surface area (Å²) in [7, 11) is 1.73. The second-order valence-corrected chi connectivity index (χ2v) is 7.24. The number of rotatable bonds is 5. The third-order valence-electron chi connectivity index (χ3n) is 4.83. The Balaban J connectivity index is 1.78. The number of hydrogen-bond acceptors (Lipinski definition) is 5. The number of nitrogens with zero attached hydrogens (tertiary/aromatic N) is 1. The van der Waals surface area contributed by atoms with E-state index in [-0.39, 0.29) is 17.4 Å². The van der Waals surface area contributed by atoms with Gasteiger partial charge >= 0.3 is 0 Å². The van der Waals surface area contributed by atoms with Crippen molar-refractivity contribution in [3.8, 4) is 5.75 Å². The van der Waals surface area contributed by atoms with E-state index in [4.69, 9.17) is 14.2 Å². The first-order valence-electron chi connectivity index (χ1n) is 8.30. The summed E-state index contributed by atoms with van der Waals surface area (Å²) in [4.78, 5) is 15.6. The SMILES string of the molecule is CCOc1ccsc1C(=O)N1CC[C@H]2OCCC[C@]2(COC)C1. The molecule has 2 fully saturated rings. The fraction of sp³-hybridized carbons (Fsp3) is 0.706.